The number of carbonyl (C=O) groups is 1. The van der Waals surface area contributed by atoms with Crippen molar-refractivity contribution >= 4 is 11.9 Å². The van der Waals surface area contributed by atoms with Gasteiger partial charge < -0.3 is 19.3 Å². The van der Waals surface area contributed by atoms with Crippen LogP contribution < -0.4 is 4.90 Å². The minimum Gasteiger partial charge on any atom is -0.369 e. The van der Waals surface area contributed by atoms with Crippen molar-refractivity contribution in [3.8, 4) is 0 Å². The Morgan fingerprint density at radius 3 is 2.74 bits per heavy atom. The second kappa shape index (κ2) is 7.18. The fourth-order valence-electron chi connectivity index (χ4n) is 2.41. The predicted molar refractivity (Wildman–Crippen MR) is 82.7 cm³/mol. The summed E-state index contributed by atoms with van der Waals surface area (Å²) in [6, 6.07) is 0. The fraction of sp³-hybridized carbons (Fsp3) is 0.667. The van der Waals surface area contributed by atoms with Gasteiger partial charge in [-0.1, -0.05) is 0 Å². The number of rotatable bonds is 5. The summed E-state index contributed by atoms with van der Waals surface area (Å²) in [5.74, 6) is -0.112. The lowest BCUT2D eigenvalue weighted by atomic mass is 10.1. The van der Waals surface area contributed by atoms with E-state index in [9.17, 15) is 9.18 Å². The minimum absolute atomic E-state index is 0.0142. The van der Waals surface area contributed by atoms with E-state index in [1.165, 1.54) is 4.90 Å². The number of nitrogens with zero attached hydrogens (tertiary/aromatic N) is 4. The van der Waals surface area contributed by atoms with Crippen LogP contribution in [0.5, 0.6) is 0 Å². The van der Waals surface area contributed by atoms with E-state index in [1.807, 2.05) is 18.7 Å². The third kappa shape index (κ3) is 5.11. The number of carbonyl (C=O) groups excluding carboxylic acids is 1. The van der Waals surface area contributed by atoms with Crippen LogP contribution in [0, 0.1) is 5.82 Å². The molecule has 0 aliphatic carbocycles. The molecular weight excluding hydrogens is 303 g/mol. The van der Waals surface area contributed by atoms with Crippen molar-refractivity contribution < 1.29 is 18.7 Å². The van der Waals surface area contributed by atoms with E-state index in [0.717, 1.165) is 12.4 Å². The summed E-state index contributed by atoms with van der Waals surface area (Å²) in [6.45, 7) is 5.33. The first kappa shape index (κ1) is 17.6. The van der Waals surface area contributed by atoms with Crippen LogP contribution in [-0.4, -0.2) is 72.9 Å². The zero-order valence-corrected chi connectivity index (χ0v) is 14.0. The van der Waals surface area contributed by atoms with E-state index in [-0.39, 0.29) is 18.6 Å². The minimum atomic E-state index is -0.469. The first-order valence-electron chi connectivity index (χ1n) is 7.45. The molecule has 2 rings (SSSR count). The van der Waals surface area contributed by atoms with Gasteiger partial charge in [0.2, 0.25) is 11.9 Å². The largest absolute Gasteiger partial charge is 0.369 e. The molecule has 1 fully saturated rings. The molecule has 2 heterocycles. The SMILES string of the molecule is CN(C)C(=O)COC[C@H]1CN(c2ncc(F)cn2)CC(C)(C)O1. The summed E-state index contributed by atoms with van der Waals surface area (Å²) in [4.78, 5) is 23.0. The van der Waals surface area contributed by atoms with Crippen LogP contribution in [0.15, 0.2) is 12.4 Å². The molecule has 0 unspecified atom stereocenters. The molecule has 0 bridgehead atoms. The lowest BCUT2D eigenvalue weighted by molar-refractivity contribution is -0.139. The maximum Gasteiger partial charge on any atom is 0.248 e. The number of halogens is 1. The average Bonchev–Trinajstić information content (AvgIpc) is 2.46. The summed E-state index contributed by atoms with van der Waals surface area (Å²) >= 11 is 0. The molecule has 0 N–H and O–H groups in total. The van der Waals surface area contributed by atoms with Gasteiger partial charge in [-0.2, -0.15) is 0 Å². The van der Waals surface area contributed by atoms with Crippen LogP contribution in [-0.2, 0) is 14.3 Å². The average molecular weight is 326 g/mol. The van der Waals surface area contributed by atoms with E-state index in [4.69, 9.17) is 9.47 Å². The van der Waals surface area contributed by atoms with Crippen molar-refractivity contribution in [3.05, 3.63) is 18.2 Å². The van der Waals surface area contributed by atoms with Crippen molar-refractivity contribution in [3.63, 3.8) is 0 Å². The highest BCUT2D eigenvalue weighted by Gasteiger charge is 2.34. The molecule has 1 saturated heterocycles. The molecule has 0 spiro atoms. The Labute approximate surface area is 135 Å². The highest BCUT2D eigenvalue weighted by Crippen LogP contribution is 2.24. The first-order valence-corrected chi connectivity index (χ1v) is 7.45. The highest BCUT2D eigenvalue weighted by atomic mass is 19.1. The Kier molecular flexibility index (Phi) is 5.48. The Balaban J connectivity index is 1.95. The molecule has 1 aromatic rings. The molecule has 8 heteroatoms. The van der Waals surface area contributed by atoms with E-state index in [0.29, 0.717) is 25.6 Å². The molecule has 1 amide bonds. The van der Waals surface area contributed by atoms with E-state index >= 15 is 0 Å². The lowest BCUT2D eigenvalue weighted by Gasteiger charge is -2.42. The summed E-state index contributed by atoms with van der Waals surface area (Å²) in [7, 11) is 3.36. The van der Waals surface area contributed by atoms with Crippen LogP contribution in [0.25, 0.3) is 0 Å². The molecule has 0 radical (unpaired) electrons. The maximum absolute atomic E-state index is 13.0. The summed E-state index contributed by atoms with van der Waals surface area (Å²) in [5, 5.41) is 0. The van der Waals surface area contributed by atoms with E-state index in [1.54, 1.807) is 14.1 Å². The number of ether oxygens (including phenoxy) is 2. The number of anilines is 1. The molecule has 7 nitrogen and oxygen atoms in total. The van der Waals surface area contributed by atoms with Crippen molar-refractivity contribution in [1.29, 1.82) is 0 Å². The Hall–Kier alpha value is -1.80. The van der Waals surface area contributed by atoms with Crippen LogP contribution in [0.1, 0.15) is 13.8 Å². The van der Waals surface area contributed by atoms with E-state index in [2.05, 4.69) is 9.97 Å². The normalized spacial score (nSPS) is 20.4. The topological polar surface area (TPSA) is 67.8 Å². The summed E-state index contributed by atoms with van der Waals surface area (Å²) in [5.41, 5.74) is -0.421. The van der Waals surface area contributed by atoms with Crippen LogP contribution in [0.3, 0.4) is 0 Å². The number of hydrogen-bond acceptors (Lipinski definition) is 6. The number of morpholine rings is 1. The van der Waals surface area contributed by atoms with Gasteiger partial charge >= 0.3 is 0 Å². The molecule has 0 saturated carbocycles. The van der Waals surface area contributed by atoms with Gasteiger partial charge in [0.05, 0.1) is 30.7 Å². The fourth-order valence-corrected chi connectivity index (χ4v) is 2.41. The van der Waals surface area contributed by atoms with Gasteiger partial charge in [-0.15, -0.1) is 0 Å². The smallest absolute Gasteiger partial charge is 0.248 e. The number of likely N-dealkylation sites (N-methyl/N-ethyl adjacent to an activating group) is 1. The van der Waals surface area contributed by atoms with Crippen LogP contribution in [0.2, 0.25) is 0 Å². The third-order valence-corrected chi connectivity index (χ3v) is 3.40. The number of amides is 1. The summed E-state index contributed by atoms with van der Waals surface area (Å²) < 4.78 is 24.4. The van der Waals surface area contributed by atoms with Crippen molar-refractivity contribution in [2.75, 3.05) is 45.3 Å². The number of hydrogen-bond donors (Lipinski definition) is 0. The van der Waals surface area contributed by atoms with Crippen molar-refractivity contribution in [2.45, 2.75) is 25.6 Å². The second-order valence-electron chi connectivity index (χ2n) is 6.38. The second-order valence-corrected chi connectivity index (χ2v) is 6.38. The van der Waals surface area contributed by atoms with Crippen LogP contribution >= 0.6 is 0 Å². The zero-order chi connectivity index (χ0) is 17.0. The van der Waals surface area contributed by atoms with Gasteiger partial charge in [-0.25, -0.2) is 14.4 Å². The monoisotopic (exact) mass is 326 g/mol. The molecule has 1 aliphatic heterocycles. The molecule has 128 valence electrons. The molecule has 1 atom stereocenters. The third-order valence-electron chi connectivity index (χ3n) is 3.40. The molecule has 1 aliphatic rings. The first-order chi connectivity index (χ1) is 10.8. The highest BCUT2D eigenvalue weighted by molar-refractivity contribution is 5.76. The molecule has 0 aromatic carbocycles. The Morgan fingerprint density at radius 2 is 2.13 bits per heavy atom. The van der Waals surface area contributed by atoms with Gasteiger partial charge in [-0.3, -0.25) is 4.79 Å². The Morgan fingerprint density at radius 1 is 1.48 bits per heavy atom. The predicted octanol–water partition coefficient (Wildman–Crippen LogP) is 0.704. The molecule has 23 heavy (non-hydrogen) atoms. The van der Waals surface area contributed by atoms with Crippen molar-refractivity contribution in [1.82, 2.24) is 14.9 Å². The van der Waals surface area contributed by atoms with Crippen molar-refractivity contribution in [2.24, 2.45) is 0 Å². The van der Waals surface area contributed by atoms with Gasteiger partial charge in [-0.05, 0) is 13.8 Å². The van der Waals surface area contributed by atoms with E-state index < -0.39 is 11.4 Å². The Bertz CT molecular complexity index is 536. The standard InChI is InChI=1S/C15H23FN4O3/c1-15(2)10-20(14-17-5-11(16)6-18-14)7-12(23-15)8-22-9-13(21)19(3)4/h5-6,12H,7-10H2,1-4H3/t12-/m1/s1. The summed E-state index contributed by atoms with van der Waals surface area (Å²) in [6.07, 6.45) is 2.07. The van der Waals surface area contributed by atoms with Gasteiger partial charge in [0, 0.05) is 27.2 Å². The van der Waals surface area contributed by atoms with Gasteiger partial charge in [0.15, 0.2) is 5.82 Å². The molecular formula is C15H23FN4O3. The lowest BCUT2D eigenvalue weighted by Crippen LogP contribution is -2.54. The van der Waals surface area contributed by atoms with Crippen LogP contribution in [0.4, 0.5) is 10.3 Å². The van der Waals surface area contributed by atoms with Gasteiger partial charge in [0.1, 0.15) is 6.61 Å². The zero-order valence-electron chi connectivity index (χ0n) is 14.0. The quantitative estimate of drug-likeness (QED) is 0.794. The maximum atomic E-state index is 13.0. The van der Waals surface area contributed by atoms with Gasteiger partial charge in [0.25, 0.3) is 0 Å². The molecule has 1 aromatic heterocycles. The number of aromatic nitrogens is 2.